The van der Waals surface area contributed by atoms with Crippen molar-refractivity contribution >= 4 is 46.6 Å². The largest absolute Gasteiger partial charge is 0.366 e. The summed E-state index contributed by atoms with van der Waals surface area (Å²) in [6.07, 6.45) is 0.277. The molecule has 1 unspecified atom stereocenters. The predicted octanol–water partition coefficient (Wildman–Crippen LogP) is 4.07. The van der Waals surface area contributed by atoms with E-state index in [-0.39, 0.29) is 17.0 Å². The average Bonchev–Trinajstić information content (AvgIpc) is 2.74. The molecule has 0 radical (unpaired) electrons. The lowest BCUT2D eigenvalue weighted by Gasteiger charge is -2.19. The maximum atomic E-state index is 13.0. The molecule has 1 atom stereocenters. The number of rotatable bonds is 7. The van der Waals surface area contributed by atoms with Crippen molar-refractivity contribution in [2.24, 2.45) is 5.73 Å². The quantitative estimate of drug-likeness (QED) is 0.500. The fraction of sp³-hybridized carbons (Fsp3) is 0.0870. The third-order valence-corrected chi connectivity index (χ3v) is 5.08. The van der Waals surface area contributed by atoms with Gasteiger partial charge < -0.3 is 16.4 Å². The van der Waals surface area contributed by atoms with E-state index in [9.17, 15) is 14.4 Å². The molecule has 3 aromatic carbocycles. The molecule has 0 saturated heterocycles. The molecule has 0 heterocycles. The minimum atomic E-state index is -0.861. The third kappa shape index (κ3) is 6.07. The Kier molecular flexibility index (Phi) is 7.28. The second-order valence-electron chi connectivity index (χ2n) is 6.77. The Labute approximate surface area is 189 Å². The van der Waals surface area contributed by atoms with Crippen LogP contribution in [0.5, 0.6) is 0 Å². The van der Waals surface area contributed by atoms with Gasteiger partial charge in [-0.1, -0.05) is 53.5 Å². The molecule has 3 amide bonds. The Morgan fingerprint density at radius 1 is 0.903 bits per heavy atom. The van der Waals surface area contributed by atoms with Gasteiger partial charge in [-0.2, -0.15) is 0 Å². The highest BCUT2D eigenvalue weighted by molar-refractivity contribution is 6.34. The molecule has 31 heavy (non-hydrogen) atoms. The van der Waals surface area contributed by atoms with Crippen molar-refractivity contribution in [2.75, 3.05) is 5.32 Å². The summed E-state index contributed by atoms with van der Waals surface area (Å²) >= 11 is 11.9. The van der Waals surface area contributed by atoms with Gasteiger partial charge in [0.1, 0.15) is 6.04 Å². The third-order valence-electron chi connectivity index (χ3n) is 4.51. The molecule has 6 nitrogen and oxygen atoms in total. The molecule has 4 N–H and O–H groups in total. The number of benzene rings is 3. The van der Waals surface area contributed by atoms with Gasteiger partial charge in [0, 0.05) is 22.7 Å². The maximum Gasteiger partial charge on any atom is 0.251 e. The normalized spacial score (nSPS) is 11.4. The van der Waals surface area contributed by atoms with Crippen LogP contribution in [0, 0.1) is 0 Å². The van der Waals surface area contributed by atoms with Gasteiger partial charge in [0.25, 0.3) is 5.91 Å². The number of nitrogens with two attached hydrogens (primary N) is 1. The average molecular weight is 456 g/mol. The van der Waals surface area contributed by atoms with Crippen LogP contribution >= 0.6 is 23.2 Å². The van der Waals surface area contributed by atoms with E-state index in [2.05, 4.69) is 10.6 Å². The molecule has 0 bridgehead atoms. The molecule has 3 rings (SSSR count). The minimum Gasteiger partial charge on any atom is -0.366 e. The van der Waals surface area contributed by atoms with E-state index in [1.165, 1.54) is 18.2 Å². The van der Waals surface area contributed by atoms with Gasteiger partial charge in [-0.15, -0.1) is 0 Å². The van der Waals surface area contributed by atoms with Crippen molar-refractivity contribution in [3.8, 4) is 0 Å². The summed E-state index contributed by atoms with van der Waals surface area (Å²) < 4.78 is 0. The molecular weight excluding hydrogens is 437 g/mol. The fourth-order valence-electron chi connectivity index (χ4n) is 2.92. The molecule has 0 aromatic heterocycles. The van der Waals surface area contributed by atoms with E-state index in [1.807, 2.05) is 30.3 Å². The summed E-state index contributed by atoms with van der Waals surface area (Å²) in [7, 11) is 0. The van der Waals surface area contributed by atoms with Gasteiger partial charge in [0.2, 0.25) is 11.8 Å². The zero-order valence-electron chi connectivity index (χ0n) is 16.3. The number of hydrogen-bond acceptors (Lipinski definition) is 3. The van der Waals surface area contributed by atoms with Gasteiger partial charge in [-0.3, -0.25) is 14.4 Å². The molecule has 8 heteroatoms. The van der Waals surface area contributed by atoms with E-state index in [0.717, 1.165) is 5.56 Å². The number of carbonyl (C=O) groups is 3. The number of carbonyl (C=O) groups excluding carboxylic acids is 3. The van der Waals surface area contributed by atoms with Crippen LogP contribution < -0.4 is 16.4 Å². The summed E-state index contributed by atoms with van der Waals surface area (Å²) in [4.78, 5) is 37.0. The molecule has 0 aliphatic heterocycles. The molecular formula is C23H19Cl2N3O3. The van der Waals surface area contributed by atoms with Crippen LogP contribution in [0.25, 0.3) is 0 Å². The zero-order valence-corrected chi connectivity index (χ0v) is 17.8. The van der Waals surface area contributed by atoms with E-state index in [0.29, 0.717) is 16.3 Å². The number of halogens is 2. The Morgan fingerprint density at radius 3 is 2.19 bits per heavy atom. The summed E-state index contributed by atoms with van der Waals surface area (Å²) in [5.41, 5.74) is 7.03. The highest BCUT2D eigenvalue weighted by Crippen LogP contribution is 2.21. The van der Waals surface area contributed by atoms with Crippen molar-refractivity contribution in [2.45, 2.75) is 12.5 Å². The highest BCUT2D eigenvalue weighted by Gasteiger charge is 2.22. The zero-order chi connectivity index (χ0) is 22.4. The van der Waals surface area contributed by atoms with Gasteiger partial charge >= 0.3 is 0 Å². The van der Waals surface area contributed by atoms with Crippen LogP contribution in [0.15, 0.2) is 72.8 Å². The van der Waals surface area contributed by atoms with Crippen LogP contribution in [0.4, 0.5) is 5.69 Å². The molecule has 158 valence electrons. The highest BCUT2D eigenvalue weighted by atomic mass is 35.5. The first-order valence-corrected chi connectivity index (χ1v) is 10.1. The van der Waals surface area contributed by atoms with Crippen molar-refractivity contribution in [3.63, 3.8) is 0 Å². The molecule has 0 aliphatic carbocycles. The maximum absolute atomic E-state index is 13.0. The Hall–Kier alpha value is -3.35. The van der Waals surface area contributed by atoms with Crippen LogP contribution in [-0.4, -0.2) is 23.8 Å². The van der Waals surface area contributed by atoms with Gasteiger partial charge in [0.15, 0.2) is 0 Å². The van der Waals surface area contributed by atoms with E-state index < -0.39 is 23.8 Å². The summed E-state index contributed by atoms with van der Waals surface area (Å²) in [5.74, 6) is -1.51. The van der Waals surface area contributed by atoms with E-state index >= 15 is 0 Å². The van der Waals surface area contributed by atoms with E-state index in [4.69, 9.17) is 28.9 Å². The lowest BCUT2D eigenvalue weighted by atomic mass is 10.0. The molecule has 0 fully saturated rings. The predicted molar refractivity (Wildman–Crippen MR) is 121 cm³/mol. The molecule has 0 saturated carbocycles. The summed E-state index contributed by atoms with van der Waals surface area (Å²) in [6, 6.07) is 19.2. The Balaban J connectivity index is 1.80. The van der Waals surface area contributed by atoms with Gasteiger partial charge in [-0.05, 0) is 48.0 Å². The number of amides is 3. The number of nitrogens with one attached hydrogen (secondary N) is 2. The lowest BCUT2D eigenvalue weighted by molar-refractivity contribution is -0.118. The number of primary amides is 1. The summed E-state index contributed by atoms with van der Waals surface area (Å²) in [6.45, 7) is 0. The summed E-state index contributed by atoms with van der Waals surface area (Å²) in [5, 5.41) is 6.11. The first-order chi connectivity index (χ1) is 14.8. The van der Waals surface area contributed by atoms with Crippen molar-refractivity contribution in [1.29, 1.82) is 0 Å². The molecule has 0 aliphatic rings. The monoisotopic (exact) mass is 455 g/mol. The second kappa shape index (κ2) is 10.1. The van der Waals surface area contributed by atoms with Crippen LogP contribution in [0.3, 0.4) is 0 Å². The SMILES string of the molecule is NC(=O)c1ccc(NC(=O)C(Cc2ccccc2)NC(=O)c2ccc(Cl)cc2)cc1Cl. The fourth-order valence-corrected chi connectivity index (χ4v) is 3.32. The molecule has 3 aromatic rings. The Bertz CT molecular complexity index is 1100. The topological polar surface area (TPSA) is 101 Å². The first kappa shape index (κ1) is 22.3. The van der Waals surface area contributed by atoms with Crippen molar-refractivity contribution < 1.29 is 14.4 Å². The lowest BCUT2D eigenvalue weighted by Crippen LogP contribution is -2.45. The Morgan fingerprint density at radius 2 is 1.58 bits per heavy atom. The second-order valence-corrected chi connectivity index (χ2v) is 7.61. The van der Waals surface area contributed by atoms with E-state index in [1.54, 1.807) is 24.3 Å². The van der Waals surface area contributed by atoms with Crippen LogP contribution in [0.1, 0.15) is 26.3 Å². The van der Waals surface area contributed by atoms with Gasteiger partial charge in [0.05, 0.1) is 10.6 Å². The first-order valence-electron chi connectivity index (χ1n) is 9.34. The van der Waals surface area contributed by atoms with Gasteiger partial charge in [-0.25, -0.2) is 0 Å². The minimum absolute atomic E-state index is 0.120. The number of anilines is 1. The van der Waals surface area contributed by atoms with Crippen molar-refractivity contribution in [3.05, 3.63) is 99.5 Å². The standard InChI is InChI=1S/C23H19Cl2N3O3/c24-16-8-6-15(7-9-16)22(30)28-20(12-14-4-2-1-3-5-14)23(31)27-17-10-11-18(21(26)29)19(25)13-17/h1-11,13,20H,12H2,(H2,26,29)(H,27,31)(H,28,30). The number of hydrogen-bond donors (Lipinski definition) is 3. The van der Waals surface area contributed by atoms with Crippen molar-refractivity contribution in [1.82, 2.24) is 5.32 Å². The smallest absolute Gasteiger partial charge is 0.251 e. The van der Waals surface area contributed by atoms with Crippen LogP contribution in [0.2, 0.25) is 10.0 Å². The molecule has 0 spiro atoms. The van der Waals surface area contributed by atoms with Crippen LogP contribution in [-0.2, 0) is 11.2 Å².